The van der Waals surface area contributed by atoms with Gasteiger partial charge in [0.05, 0.1) is 5.92 Å². The first-order valence-corrected chi connectivity index (χ1v) is 45.7. The largest absolute Gasteiger partial charge is 0.391 e. The highest BCUT2D eigenvalue weighted by molar-refractivity contribution is 5.43. The molecule has 1 unspecified atom stereocenters. The van der Waals surface area contributed by atoms with Gasteiger partial charge in [-0.2, -0.15) is 13.2 Å². The number of benzene rings is 4. The third-order valence-electron chi connectivity index (χ3n) is 26.6. The fraction of sp³-hybridized carbons (Fsp3) is 0.774. The van der Waals surface area contributed by atoms with E-state index in [-0.39, 0.29) is 6.42 Å². The van der Waals surface area contributed by atoms with Crippen LogP contribution in [0.1, 0.15) is 483 Å². The molecule has 1 atom stereocenters. The normalized spacial score (nSPS) is 20.9. The highest BCUT2D eigenvalue weighted by Crippen LogP contribution is 2.49. The zero-order valence-corrected chi connectivity index (χ0v) is 80.2. The average molecular weight is 1550 g/mol. The van der Waals surface area contributed by atoms with E-state index in [1.807, 2.05) is 18.2 Å². The predicted molar refractivity (Wildman–Crippen MR) is 489 cm³/mol. The molecular weight excluding hydrogens is 1370 g/mol. The molecule has 1 spiro atoms. The Morgan fingerprint density at radius 3 is 0.982 bits per heavy atom. The molecule has 0 bridgehead atoms. The van der Waals surface area contributed by atoms with Crippen LogP contribution in [0.5, 0.6) is 0 Å². The predicted octanol–water partition coefficient (Wildman–Crippen LogP) is 37.3. The second-order valence-corrected chi connectivity index (χ2v) is 42.5. The summed E-state index contributed by atoms with van der Waals surface area (Å²) in [5, 5.41) is 0. The molecule has 6 saturated carbocycles. The van der Waals surface area contributed by atoms with Crippen LogP contribution in [0.2, 0.25) is 0 Å². The molecule has 6 aliphatic carbocycles. The van der Waals surface area contributed by atoms with E-state index < -0.39 is 23.4 Å². The Labute approximate surface area is 689 Å². The Bertz CT molecular complexity index is 2900. The van der Waals surface area contributed by atoms with Gasteiger partial charge in [-0.15, -0.1) is 0 Å². The first-order valence-electron chi connectivity index (χ1n) is 45.7. The van der Waals surface area contributed by atoms with Crippen molar-refractivity contribution in [2.75, 3.05) is 0 Å². The van der Waals surface area contributed by atoms with Crippen LogP contribution in [-0.2, 0) is 0 Å². The zero-order chi connectivity index (χ0) is 85.7. The van der Waals surface area contributed by atoms with E-state index in [9.17, 15) is 22.0 Å². The maximum Gasteiger partial charge on any atom is 0.391 e. The van der Waals surface area contributed by atoms with Gasteiger partial charge in [-0.05, 0) is 314 Å². The van der Waals surface area contributed by atoms with E-state index in [0.717, 1.165) is 68.6 Å². The molecule has 4 aromatic carbocycles. The van der Waals surface area contributed by atoms with Gasteiger partial charge in [-0.1, -0.05) is 335 Å². The van der Waals surface area contributed by atoms with Crippen molar-refractivity contribution in [2.24, 2.45) is 50.2 Å². The average Bonchev–Trinajstić information content (AvgIpc) is 0.821. The smallest absolute Gasteiger partial charge is 0.244 e. The molecule has 0 heterocycles. The topological polar surface area (TPSA) is 0 Å². The van der Waals surface area contributed by atoms with Crippen LogP contribution >= 0.6 is 0 Å². The lowest BCUT2D eigenvalue weighted by Crippen LogP contribution is -2.30. The molecule has 10 rings (SSSR count). The van der Waals surface area contributed by atoms with Crippen molar-refractivity contribution < 1.29 is 22.0 Å². The van der Waals surface area contributed by atoms with Crippen molar-refractivity contribution >= 4 is 0 Å². The van der Waals surface area contributed by atoms with Gasteiger partial charge in [0.1, 0.15) is 11.3 Å². The lowest BCUT2D eigenvalue weighted by molar-refractivity contribution is -0.171. The molecule has 0 nitrogen and oxygen atoms in total. The summed E-state index contributed by atoms with van der Waals surface area (Å²) < 4.78 is 61.2. The Balaban J connectivity index is 0.00000121. The molecule has 6 fully saturated rings. The zero-order valence-electron chi connectivity index (χ0n) is 80.2. The molecule has 4 aromatic rings. The highest BCUT2D eigenvalue weighted by atomic mass is 19.4. The van der Waals surface area contributed by atoms with Gasteiger partial charge in [0.15, 0.2) is 0 Å². The summed E-state index contributed by atoms with van der Waals surface area (Å²) in [5.41, 5.74) is 19.3. The van der Waals surface area contributed by atoms with E-state index >= 15 is 0 Å². The number of hydrogen-bond acceptors (Lipinski definition) is 0. The number of hydrogen-bond donors (Lipinski definition) is 0. The van der Waals surface area contributed by atoms with Gasteiger partial charge in [-0.25, -0.2) is 8.78 Å². The molecule has 0 aliphatic heterocycles. The third kappa shape index (κ3) is 47.5. The van der Waals surface area contributed by atoms with Crippen molar-refractivity contribution in [1.29, 1.82) is 0 Å². The standard InChI is InChI=1S/C16H26.C13H20.C12H22.C10H20.C10H14.C9H17F.C8H15F.C8H16.C7H8.C7H16.C6H11F3/c1-10(2)14-8-15(11(3)4)13(7)16(9-14)12(5)6;1-9(2)12-7-6-11(5)13(8-12)10(3)4;1-11-5-9-12(10-6-11)7-3-2-4-8-12;1-9(2)5-7-10(3,4)8-6-9;1-7-5-8(2)10(4)9(3)6-7;1-8(2)4-6-9(3,10)7-5-8;1-7-3-5-8(2,9)6-4-7;1-8(2)6-4-3-5-7-8;1-7-5-3-2-4-6-7;1-5-7(3,4)6-2;1-3-4-5(2)6(7,8)9/h8-12H,1-7H3;6-10H,1-5H3;11H,2-10H2,1H3;5-8H2,1-4H3;5-6H,1-4H3;4-7H2,1-3H3;7H,3-6H2,1-2H3;3-7H2,1-2H3;2-6H,1H3;5-6H2,1-4H3;5H,3-4H2,1-2H3. The quantitative estimate of drug-likeness (QED) is 0.147. The Kier molecular flexibility index (Phi) is 49.4. The summed E-state index contributed by atoms with van der Waals surface area (Å²) >= 11 is 0. The molecule has 0 aromatic heterocycles. The van der Waals surface area contributed by atoms with Crippen molar-refractivity contribution in [2.45, 2.75) is 482 Å². The molecule has 0 radical (unpaired) electrons. The van der Waals surface area contributed by atoms with Gasteiger partial charge in [-0.3, -0.25) is 0 Å². The summed E-state index contributed by atoms with van der Waals surface area (Å²) in [6.07, 6.45) is 33.5. The summed E-state index contributed by atoms with van der Waals surface area (Å²) in [5.74, 6) is 3.79. The lowest BCUT2D eigenvalue weighted by atomic mass is 9.63. The van der Waals surface area contributed by atoms with Crippen LogP contribution in [0.4, 0.5) is 22.0 Å². The van der Waals surface area contributed by atoms with Crippen molar-refractivity contribution in [3.05, 3.63) is 140 Å². The Morgan fingerprint density at radius 2 is 0.703 bits per heavy atom. The van der Waals surface area contributed by atoms with Gasteiger partial charge < -0.3 is 0 Å². The summed E-state index contributed by atoms with van der Waals surface area (Å²) in [6, 6.07) is 26.3. The van der Waals surface area contributed by atoms with Gasteiger partial charge >= 0.3 is 6.18 Å². The van der Waals surface area contributed by atoms with Gasteiger partial charge in [0.2, 0.25) is 0 Å². The number of alkyl halides is 5. The van der Waals surface area contributed by atoms with Crippen LogP contribution in [0.25, 0.3) is 0 Å². The van der Waals surface area contributed by atoms with Crippen LogP contribution < -0.4 is 0 Å². The van der Waals surface area contributed by atoms with Crippen LogP contribution in [0.3, 0.4) is 0 Å². The van der Waals surface area contributed by atoms with Crippen molar-refractivity contribution in [3.8, 4) is 0 Å². The van der Waals surface area contributed by atoms with E-state index in [2.05, 4.69) is 269 Å². The summed E-state index contributed by atoms with van der Waals surface area (Å²) in [6.45, 7) is 76.8. The second-order valence-electron chi connectivity index (χ2n) is 42.5. The molecule has 6 aliphatic rings. The minimum Gasteiger partial charge on any atom is -0.244 e. The van der Waals surface area contributed by atoms with Crippen LogP contribution in [-0.4, -0.2) is 17.5 Å². The lowest BCUT2D eigenvalue weighted by Gasteiger charge is -2.42. The second kappa shape index (κ2) is 51.0. The van der Waals surface area contributed by atoms with Crippen molar-refractivity contribution in [1.82, 2.24) is 0 Å². The molecule has 5 heteroatoms. The van der Waals surface area contributed by atoms with Gasteiger partial charge in [0.25, 0.3) is 0 Å². The Morgan fingerprint density at radius 1 is 0.360 bits per heavy atom. The SMILES string of the molecule is CC1(C)CCC(C)(C)CC1.CC1(C)CCC(C)(F)CC1.CC1(C)CCCCC1.CC1CCC(C)(F)CC1.CC1CCC2(CCCCC2)CC1.CCC(C)(C)CC.CCCC(C)C(F)(F)F.Cc1c(C(C)C)cc(C(C)C)cc1C(C)C.Cc1cc(C)c(C)c(C)c1.Cc1ccc(C(C)C)cc1C(C)C.Cc1ccccc1. The summed E-state index contributed by atoms with van der Waals surface area (Å²) in [4.78, 5) is 0. The van der Waals surface area contributed by atoms with E-state index in [1.54, 1.807) is 46.5 Å². The molecule has 0 saturated heterocycles. The minimum absolute atomic E-state index is 0.240. The maximum atomic E-state index is 13.2. The first-order chi connectivity index (χ1) is 50.9. The number of rotatable bonds is 9. The number of aryl methyl sites for hydroxylation is 5. The highest BCUT2D eigenvalue weighted by Gasteiger charge is 2.37. The van der Waals surface area contributed by atoms with Crippen LogP contribution in [0, 0.1) is 98.7 Å². The fourth-order valence-electron chi connectivity index (χ4n) is 15.7. The van der Waals surface area contributed by atoms with Crippen molar-refractivity contribution in [3.63, 3.8) is 0 Å². The van der Waals surface area contributed by atoms with E-state index in [1.165, 1.54) is 176 Å². The first kappa shape index (κ1) is 108. The molecule has 644 valence electrons. The van der Waals surface area contributed by atoms with E-state index in [0.29, 0.717) is 63.1 Å². The maximum absolute atomic E-state index is 13.2. The van der Waals surface area contributed by atoms with Gasteiger partial charge in [0, 0.05) is 0 Å². The molecule has 0 N–H and O–H groups in total. The van der Waals surface area contributed by atoms with Crippen LogP contribution in [0.15, 0.2) is 72.8 Å². The molecular formula is C106H185F5. The fourth-order valence-corrected chi connectivity index (χ4v) is 15.7. The Hall–Kier alpha value is -3.47. The minimum atomic E-state index is -3.99. The molecule has 0 amide bonds. The third-order valence-corrected chi connectivity index (χ3v) is 26.6. The van der Waals surface area contributed by atoms with E-state index in [4.69, 9.17) is 0 Å². The molecule has 111 heavy (non-hydrogen) atoms. The monoisotopic (exact) mass is 1550 g/mol. The summed E-state index contributed by atoms with van der Waals surface area (Å²) in [7, 11) is 0. The number of halogens is 5.